The van der Waals surface area contributed by atoms with Gasteiger partial charge >= 0.3 is 18.2 Å². The van der Waals surface area contributed by atoms with Crippen LogP contribution in [0.4, 0.5) is 18.0 Å². The zero-order valence-corrected chi connectivity index (χ0v) is 12.7. The van der Waals surface area contributed by atoms with Crippen molar-refractivity contribution in [2.45, 2.75) is 51.7 Å². The molecule has 0 aromatic carbocycles. The number of halogens is 3. The Balaban J connectivity index is 2.25. The number of alkyl halides is 3. The number of carbonyl (C=O) groups is 2. The van der Waals surface area contributed by atoms with Gasteiger partial charge in [-0.3, -0.25) is 9.58 Å². The first-order valence-corrected chi connectivity index (χ1v) is 6.73. The van der Waals surface area contributed by atoms with E-state index in [9.17, 15) is 27.9 Å². The number of fused-ring (bicyclic) bond motifs is 1. The van der Waals surface area contributed by atoms with E-state index in [1.54, 1.807) is 20.8 Å². The number of aromatic nitrogens is 2. The molecule has 1 aromatic heterocycles. The maximum absolute atomic E-state index is 12.4. The van der Waals surface area contributed by atoms with Crippen LogP contribution in [0.25, 0.3) is 0 Å². The predicted octanol–water partition coefficient (Wildman–Crippen LogP) is 2.32. The molecule has 1 aliphatic heterocycles. The standard InChI is InChI=1S/C13H16F3N3O4/c1-12(2,3)23-11(22)19-5-8-7(9(19)10(20)21)4-18(17-8)6-13(14,15)16/h4,9H,5-6H2,1-3H3,(H,20,21). The van der Waals surface area contributed by atoms with Crippen LogP contribution in [-0.4, -0.2) is 43.6 Å². The second-order valence-corrected chi connectivity index (χ2v) is 6.19. The third-order valence-electron chi connectivity index (χ3n) is 3.00. The van der Waals surface area contributed by atoms with Gasteiger partial charge in [0.25, 0.3) is 0 Å². The number of amides is 1. The summed E-state index contributed by atoms with van der Waals surface area (Å²) in [7, 11) is 0. The second kappa shape index (κ2) is 5.43. The number of rotatable bonds is 2. The van der Waals surface area contributed by atoms with E-state index in [2.05, 4.69) is 5.10 Å². The lowest BCUT2D eigenvalue weighted by molar-refractivity contribution is -0.143. The van der Waals surface area contributed by atoms with E-state index >= 15 is 0 Å². The van der Waals surface area contributed by atoms with Gasteiger partial charge in [-0.25, -0.2) is 9.59 Å². The Morgan fingerprint density at radius 1 is 1.39 bits per heavy atom. The van der Waals surface area contributed by atoms with Gasteiger partial charge in [-0.05, 0) is 20.8 Å². The molecule has 0 aliphatic carbocycles. The molecule has 23 heavy (non-hydrogen) atoms. The van der Waals surface area contributed by atoms with Crippen LogP contribution in [0.3, 0.4) is 0 Å². The summed E-state index contributed by atoms with van der Waals surface area (Å²) in [5, 5.41) is 13.0. The summed E-state index contributed by atoms with van der Waals surface area (Å²) in [5.41, 5.74) is -0.642. The third-order valence-corrected chi connectivity index (χ3v) is 3.00. The molecule has 1 N–H and O–H groups in total. The molecule has 0 radical (unpaired) electrons. The molecule has 2 heterocycles. The maximum Gasteiger partial charge on any atom is 0.411 e. The average Bonchev–Trinajstić information content (AvgIpc) is 2.79. The molecule has 1 atom stereocenters. The summed E-state index contributed by atoms with van der Waals surface area (Å²) >= 11 is 0. The Hall–Kier alpha value is -2.26. The van der Waals surface area contributed by atoms with Crippen LogP contribution >= 0.6 is 0 Å². The normalized spacial score (nSPS) is 18.0. The maximum atomic E-state index is 12.4. The molecular formula is C13H16F3N3O4. The quantitative estimate of drug-likeness (QED) is 0.896. The monoisotopic (exact) mass is 335 g/mol. The molecule has 0 spiro atoms. The van der Waals surface area contributed by atoms with Crippen LogP contribution < -0.4 is 0 Å². The van der Waals surface area contributed by atoms with Gasteiger partial charge in [0.1, 0.15) is 12.1 Å². The largest absolute Gasteiger partial charge is 0.479 e. The smallest absolute Gasteiger partial charge is 0.411 e. The van der Waals surface area contributed by atoms with Gasteiger partial charge in [0.15, 0.2) is 6.04 Å². The van der Waals surface area contributed by atoms with Gasteiger partial charge in [0.2, 0.25) is 0 Å². The van der Waals surface area contributed by atoms with Crippen LogP contribution in [0.2, 0.25) is 0 Å². The number of hydrogen-bond donors (Lipinski definition) is 1. The topological polar surface area (TPSA) is 84.7 Å². The highest BCUT2D eigenvalue weighted by atomic mass is 19.4. The van der Waals surface area contributed by atoms with E-state index < -0.39 is 36.4 Å². The summed E-state index contributed by atoms with van der Waals surface area (Å²) in [4.78, 5) is 24.4. The van der Waals surface area contributed by atoms with Crippen molar-refractivity contribution in [1.29, 1.82) is 0 Å². The minimum Gasteiger partial charge on any atom is -0.479 e. The van der Waals surface area contributed by atoms with Gasteiger partial charge in [-0.1, -0.05) is 0 Å². The van der Waals surface area contributed by atoms with Crippen molar-refractivity contribution >= 4 is 12.1 Å². The van der Waals surface area contributed by atoms with Gasteiger partial charge in [-0.15, -0.1) is 0 Å². The van der Waals surface area contributed by atoms with Crippen molar-refractivity contribution in [3.05, 3.63) is 17.5 Å². The highest BCUT2D eigenvalue weighted by Gasteiger charge is 2.43. The Morgan fingerprint density at radius 2 is 2.00 bits per heavy atom. The van der Waals surface area contributed by atoms with E-state index in [1.165, 1.54) is 0 Å². The van der Waals surface area contributed by atoms with Crippen molar-refractivity contribution in [3.63, 3.8) is 0 Å². The van der Waals surface area contributed by atoms with Gasteiger partial charge in [0, 0.05) is 11.8 Å². The first-order chi connectivity index (χ1) is 10.4. The first-order valence-electron chi connectivity index (χ1n) is 6.73. The molecular weight excluding hydrogens is 319 g/mol. The van der Waals surface area contributed by atoms with Crippen LogP contribution in [0.15, 0.2) is 6.20 Å². The summed E-state index contributed by atoms with van der Waals surface area (Å²) < 4.78 is 42.9. The Bertz CT molecular complexity index is 633. The van der Waals surface area contributed by atoms with Crippen molar-refractivity contribution in [3.8, 4) is 0 Å². The molecule has 2 rings (SSSR count). The number of nitrogens with zero attached hydrogens (tertiary/aromatic N) is 3. The number of carboxylic acid groups (broad SMARTS) is 1. The molecule has 128 valence electrons. The van der Waals surface area contributed by atoms with Crippen molar-refractivity contribution < 1.29 is 32.6 Å². The van der Waals surface area contributed by atoms with Crippen molar-refractivity contribution in [2.24, 2.45) is 0 Å². The average molecular weight is 335 g/mol. The third kappa shape index (κ3) is 3.93. The van der Waals surface area contributed by atoms with Gasteiger partial charge in [-0.2, -0.15) is 18.3 Å². The minimum absolute atomic E-state index is 0.0626. The fourth-order valence-electron chi connectivity index (χ4n) is 2.27. The lowest BCUT2D eigenvalue weighted by Gasteiger charge is -2.27. The summed E-state index contributed by atoms with van der Waals surface area (Å²) in [5.74, 6) is -1.36. The van der Waals surface area contributed by atoms with Crippen LogP contribution in [0, 0.1) is 0 Å². The molecule has 1 amide bonds. The van der Waals surface area contributed by atoms with Crippen LogP contribution in [-0.2, 0) is 22.6 Å². The fourth-order valence-corrected chi connectivity index (χ4v) is 2.27. The number of carboxylic acids is 1. The molecule has 10 heteroatoms. The summed E-state index contributed by atoms with van der Waals surface area (Å²) in [6.45, 7) is 3.34. The highest BCUT2D eigenvalue weighted by molar-refractivity contribution is 5.83. The lowest BCUT2D eigenvalue weighted by Crippen LogP contribution is -2.38. The summed E-state index contributed by atoms with van der Waals surface area (Å²) in [6.07, 6.45) is -4.32. The Labute approximate surface area is 129 Å². The van der Waals surface area contributed by atoms with Gasteiger partial charge in [0.05, 0.1) is 12.2 Å². The number of hydrogen-bond acceptors (Lipinski definition) is 4. The van der Waals surface area contributed by atoms with Crippen molar-refractivity contribution in [2.75, 3.05) is 0 Å². The summed E-state index contributed by atoms with van der Waals surface area (Å²) in [6, 6.07) is -1.41. The second-order valence-electron chi connectivity index (χ2n) is 6.19. The van der Waals surface area contributed by atoms with Crippen LogP contribution in [0.5, 0.6) is 0 Å². The number of aliphatic carboxylic acids is 1. The number of ether oxygens (including phenoxy) is 1. The zero-order chi connectivity index (χ0) is 17.6. The van der Waals surface area contributed by atoms with E-state index in [4.69, 9.17) is 4.74 Å². The van der Waals surface area contributed by atoms with E-state index in [0.29, 0.717) is 4.68 Å². The fraction of sp³-hybridized carbons (Fsp3) is 0.615. The molecule has 0 fully saturated rings. The SMILES string of the molecule is CC(C)(C)OC(=O)N1Cc2nn(CC(F)(F)F)cc2C1C(=O)O. The molecule has 7 nitrogen and oxygen atoms in total. The highest BCUT2D eigenvalue weighted by Crippen LogP contribution is 2.35. The van der Waals surface area contributed by atoms with E-state index in [1.807, 2.05) is 0 Å². The molecule has 0 bridgehead atoms. The van der Waals surface area contributed by atoms with E-state index in [-0.39, 0.29) is 17.8 Å². The Morgan fingerprint density at radius 3 is 2.48 bits per heavy atom. The molecule has 0 saturated carbocycles. The molecule has 1 aliphatic rings. The lowest BCUT2D eigenvalue weighted by atomic mass is 10.1. The minimum atomic E-state index is -4.47. The van der Waals surface area contributed by atoms with Gasteiger partial charge < -0.3 is 9.84 Å². The molecule has 1 unspecified atom stereocenters. The zero-order valence-electron chi connectivity index (χ0n) is 12.7. The van der Waals surface area contributed by atoms with E-state index in [0.717, 1.165) is 11.1 Å². The molecule has 0 saturated heterocycles. The first kappa shape index (κ1) is 17.1. The van der Waals surface area contributed by atoms with Crippen molar-refractivity contribution in [1.82, 2.24) is 14.7 Å². The van der Waals surface area contributed by atoms with Crippen LogP contribution in [0.1, 0.15) is 38.1 Å². The Kier molecular flexibility index (Phi) is 4.03. The number of carbonyl (C=O) groups excluding carboxylic acids is 1. The predicted molar refractivity (Wildman–Crippen MR) is 70.4 cm³/mol. The molecule has 1 aromatic rings.